The topological polar surface area (TPSA) is 67.8 Å². The number of benzene rings is 1. The van der Waals surface area contributed by atoms with Crippen LogP contribution in [0.15, 0.2) is 24.3 Å². The standard InChI is InChI=1S/C15H23NO4/c1-11-4-6-14(7-5-11)20-12(2)15(18)16-9-8-13(17)10-19-3/h4-7,12-13,17H,8-10H2,1-3H3,(H,16,18). The van der Waals surface area contributed by atoms with E-state index in [1.54, 1.807) is 6.92 Å². The van der Waals surface area contributed by atoms with Gasteiger partial charge in [-0.25, -0.2) is 0 Å². The van der Waals surface area contributed by atoms with Gasteiger partial charge in [-0.2, -0.15) is 0 Å². The van der Waals surface area contributed by atoms with Crippen molar-refractivity contribution in [1.82, 2.24) is 5.32 Å². The molecule has 5 heteroatoms. The molecule has 2 atom stereocenters. The lowest BCUT2D eigenvalue weighted by Gasteiger charge is -2.15. The molecular weight excluding hydrogens is 258 g/mol. The number of methoxy groups -OCH3 is 1. The molecule has 0 bridgehead atoms. The first-order valence-corrected chi connectivity index (χ1v) is 6.71. The second-order valence-corrected chi connectivity index (χ2v) is 4.76. The number of amides is 1. The van der Waals surface area contributed by atoms with E-state index in [1.807, 2.05) is 31.2 Å². The molecule has 0 heterocycles. The van der Waals surface area contributed by atoms with Crippen molar-refractivity contribution in [3.63, 3.8) is 0 Å². The van der Waals surface area contributed by atoms with E-state index < -0.39 is 12.2 Å². The third-order valence-electron chi connectivity index (χ3n) is 2.84. The predicted molar refractivity (Wildman–Crippen MR) is 76.8 cm³/mol. The van der Waals surface area contributed by atoms with Crippen LogP contribution in [0, 0.1) is 6.92 Å². The lowest BCUT2D eigenvalue weighted by molar-refractivity contribution is -0.127. The largest absolute Gasteiger partial charge is 0.481 e. The number of aliphatic hydroxyl groups is 1. The van der Waals surface area contributed by atoms with Crippen molar-refractivity contribution in [3.8, 4) is 5.75 Å². The smallest absolute Gasteiger partial charge is 0.260 e. The summed E-state index contributed by atoms with van der Waals surface area (Å²) >= 11 is 0. The molecule has 2 N–H and O–H groups in total. The van der Waals surface area contributed by atoms with E-state index in [0.29, 0.717) is 18.7 Å². The molecule has 0 saturated heterocycles. The average molecular weight is 281 g/mol. The van der Waals surface area contributed by atoms with Crippen molar-refractivity contribution in [1.29, 1.82) is 0 Å². The van der Waals surface area contributed by atoms with Crippen LogP contribution in [0.3, 0.4) is 0 Å². The van der Waals surface area contributed by atoms with Crippen LogP contribution < -0.4 is 10.1 Å². The molecule has 0 radical (unpaired) electrons. The zero-order chi connectivity index (χ0) is 15.0. The number of rotatable bonds is 8. The Bertz CT molecular complexity index is 405. The van der Waals surface area contributed by atoms with Gasteiger partial charge in [0.15, 0.2) is 6.10 Å². The Morgan fingerprint density at radius 2 is 2.00 bits per heavy atom. The normalized spacial score (nSPS) is 13.6. The second kappa shape index (κ2) is 8.55. The number of hydrogen-bond acceptors (Lipinski definition) is 4. The minimum Gasteiger partial charge on any atom is -0.481 e. The predicted octanol–water partition coefficient (Wildman–Crippen LogP) is 1.28. The summed E-state index contributed by atoms with van der Waals surface area (Å²) < 4.78 is 10.3. The van der Waals surface area contributed by atoms with Gasteiger partial charge in [-0.3, -0.25) is 4.79 Å². The van der Waals surface area contributed by atoms with Crippen molar-refractivity contribution in [2.24, 2.45) is 0 Å². The van der Waals surface area contributed by atoms with E-state index in [2.05, 4.69) is 5.32 Å². The maximum Gasteiger partial charge on any atom is 0.260 e. The fourth-order valence-electron chi connectivity index (χ4n) is 1.66. The molecule has 1 rings (SSSR count). The maximum absolute atomic E-state index is 11.8. The molecule has 2 unspecified atom stereocenters. The molecule has 0 aliphatic rings. The van der Waals surface area contributed by atoms with Crippen LogP contribution in [0.1, 0.15) is 18.9 Å². The molecular formula is C15H23NO4. The van der Waals surface area contributed by atoms with Gasteiger partial charge >= 0.3 is 0 Å². The Morgan fingerprint density at radius 1 is 1.35 bits per heavy atom. The average Bonchev–Trinajstić information content (AvgIpc) is 2.41. The number of hydrogen-bond donors (Lipinski definition) is 2. The van der Waals surface area contributed by atoms with Crippen LogP contribution in [-0.2, 0) is 9.53 Å². The molecule has 0 aromatic heterocycles. The number of nitrogens with one attached hydrogen (secondary N) is 1. The summed E-state index contributed by atoms with van der Waals surface area (Å²) in [4.78, 5) is 11.8. The second-order valence-electron chi connectivity index (χ2n) is 4.76. The summed E-state index contributed by atoms with van der Waals surface area (Å²) in [7, 11) is 1.53. The highest BCUT2D eigenvalue weighted by atomic mass is 16.5. The van der Waals surface area contributed by atoms with Crippen LogP contribution in [0.5, 0.6) is 5.75 Å². The number of ether oxygens (including phenoxy) is 2. The minimum atomic E-state index is -0.572. The van der Waals surface area contributed by atoms with E-state index in [4.69, 9.17) is 9.47 Å². The molecule has 20 heavy (non-hydrogen) atoms. The molecule has 0 saturated carbocycles. The fourth-order valence-corrected chi connectivity index (χ4v) is 1.66. The Labute approximate surface area is 119 Å². The molecule has 1 aromatic carbocycles. The quantitative estimate of drug-likeness (QED) is 0.753. The Balaban J connectivity index is 2.30. The van der Waals surface area contributed by atoms with Gasteiger partial charge in [-0.15, -0.1) is 0 Å². The van der Waals surface area contributed by atoms with Crippen molar-refractivity contribution in [3.05, 3.63) is 29.8 Å². The number of aliphatic hydroxyl groups excluding tert-OH is 1. The van der Waals surface area contributed by atoms with Gasteiger partial charge in [0.1, 0.15) is 5.75 Å². The van der Waals surface area contributed by atoms with Crippen LogP contribution >= 0.6 is 0 Å². The van der Waals surface area contributed by atoms with Crippen LogP contribution in [0.2, 0.25) is 0 Å². The van der Waals surface area contributed by atoms with Crippen molar-refractivity contribution >= 4 is 5.91 Å². The summed E-state index contributed by atoms with van der Waals surface area (Å²) in [6.45, 7) is 4.35. The van der Waals surface area contributed by atoms with Gasteiger partial charge in [0.25, 0.3) is 5.91 Å². The monoisotopic (exact) mass is 281 g/mol. The molecule has 0 aliphatic heterocycles. The zero-order valence-corrected chi connectivity index (χ0v) is 12.3. The van der Waals surface area contributed by atoms with Crippen molar-refractivity contribution in [2.75, 3.05) is 20.3 Å². The highest BCUT2D eigenvalue weighted by molar-refractivity contribution is 5.80. The number of carbonyl (C=O) groups excluding carboxylic acids is 1. The highest BCUT2D eigenvalue weighted by Crippen LogP contribution is 2.13. The minimum absolute atomic E-state index is 0.199. The van der Waals surface area contributed by atoms with Crippen molar-refractivity contribution in [2.45, 2.75) is 32.5 Å². The Hall–Kier alpha value is -1.59. The van der Waals surface area contributed by atoms with E-state index in [1.165, 1.54) is 7.11 Å². The molecule has 1 amide bonds. The first-order chi connectivity index (χ1) is 9.52. The van der Waals surface area contributed by atoms with E-state index in [9.17, 15) is 9.90 Å². The van der Waals surface area contributed by atoms with E-state index in [-0.39, 0.29) is 12.5 Å². The molecule has 0 aliphatic carbocycles. The maximum atomic E-state index is 11.8. The fraction of sp³-hybridized carbons (Fsp3) is 0.533. The Kier molecular flexibility index (Phi) is 7.04. The highest BCUT2D eigenvalue weighted by Gasteiger charge is 2.14. The van der Waals surface area contributed by atoms with Crippen LogP contribution in [0.4, 0.5) is 0 Å². The van der Waals surface area contributed by atoms with Gasteiger partial charge in [0, 0.05) is 13.7 Å². The van der Waals surface area contributed by atoms with E-state index >= 15 is 0 Å². The van der Waals surface area contributed by atoms with Crippen molar-refractivity contribution < 1.29 is 19.4 Å². The first-order valence-electron chi connectivity index (χ1n) is 6.71. The van der Waals surface area contributed by atoms with Gasteiger partial charge in [-0.05, 0) is 32.4 Å². The van der Waals surface area contributed by atoms with E-state index in [0.717, 1.165) is 5.56 Å². The first kappa shape index (κ1) is 16.5. The zero-order valence-electron chi connectivity index (χ0n) is 12.3. The molecule has 5 nitrogen and oxygen atoms in total. The van der Waals surface area contributed by atoms with Gasteiger partial charge in [0.05, 0.1) is 12.7 Å². The summed E-state index contributed by atoms with van der Waals surface area (Å²) in [6, 6.07) is 7.53. The van der Waals surface area contributed by atoms with Crippen LogP contribution in [-0.4, -0.2) is 43.5 Å². The lowest BCUT2D eigenvalue weighted by atomic mass is 10.2. The summed E-state index contributed by atoms with van der Waals surface area (Å²) in [5, 5.41) is 12.2. The number of aryl methyl sites for hydroxylation is 1. The molecule has 0 fully saturated rings. The SMILES string of the molecule is COCC(O)CCNC(=O)C(C)Oc1ccc(C)cc1. The van der Waals surface area contributed by atoms with Gasteiger partial charge < -0.3 is 19.9 Å². The Morgan fingerprint density at radius 3 is 2.60 bits per heavy atom. The molecule has 0 spiro atoms. The van der Waals surface area contributed by atoms with Gasteiger partial charge in [-0.1, -0.05) is 17.7 Å². The van der Waals surface area contributed by atoms with Gasteiger partial charge in [0.2, 0.25) is 0 Å². The summed E-state index contributed by atoms with van der Waals surface area (Å²) in [6.07, 6.45) is -0.678. The third kappa shape index (κ3) is 6.04. The molecule has 1 aromatic rings. The van der Waals surface area contributed by atoms with Crippen LogP contribution in [0.25, 0.3) is 0 Å². The lowest BCUT2D eigenvalue weighted by Crippen LogP contribution is -2.38. The number of carbonyl (C=O) groups is 1. The molecule has 112 valence electrons. The third-order valence-corrected chi connectivity index (χ3v) is 2.84. The summed E-state index contributed by atoms with van der Waals surface area (Å²) in [5.74, 6) is 0.466. The summed E-state index contributed by atoms with van der Waals surface area (Å²) in [5.41, 5.74) is 1.14.